The molecule has 1 aliphatic heterocycles. The van der Waals surface area contributed by atoms with Gasteiger partial charge in [-0.05, 0) is 19.4 Å². The van der Waals surface area contributed by atoms with Crippen LogP contribution in [0.3, 0.4) is 0 Å². The van der Waals surface area contributed by atoms with E-state index in [2.05, 4.69) is 6.92 Å². The van der Waals surface area contributed by atoms with Crippen molar-refractivity contribution in [1.29, 1.82) is 0 Å². The van der Waals surface area contributed by atoms with Crippen LogP contribution in [0.1, 0.15) is 140 Å². The standard InChI is InChI=1S/C39H51NO12/c1-4-5-6-7-8-9-10-11-12-16-28(42)50-20-27(41)39(48)18-23-31(26(19-39)52-29-17-24(40)34(43)21(2)51-29)38(47)33-32(36(23)45)35(44)22-14-13-15-25(49-3)30(22)37(33)46/h13-15,21,24,26,29,34,43,45,47-48H,4-12,16-20,40H2,1-3H3/t21-,24-,26-,29-,34+,39-/m0/s1. The summed E-state index contributed by atoms with van der Waals surface area (Å²) in [6.07, 6.45) is 4.41. The van der Waals surface area contributed by atoms with E-state index in [4.69, 9.17) is 24.7 Å². The highest BCUT2D eigenvalue weighted by Gasteiger charge is 2.50. The number of fused-ring (bicyclic) bond motifs is 3. The number of aromatic hydroxyl groups is 2. The van der Waals surface area contributed by atoms with Crippen LogP contribution < -0.4 is 10.5 Å². The third-order valence-corrected chi connectivity index (χ3v) is 10.5. The maximum Gasteiger partial charge on any atom is 0.306 e. The van der Waals surface area contributed by atoms with E-state index < -0.39 is 102 Å². The van der Waals surface area contributed by atoms with Gasteiger partial charge in [0, 0.05) is 48.4 Å². The van der Waals surface area contributed by atoms with Crippen molar-refractivity contribution in [2.24, 2.45) is 5.73 Å². The highest BCUT2D eigenvalue weighted by atomic mass is 16.7. The van der Waals surface area contributed by atoms with E-state index in [0.717, 1.165) is 25.7 Å². The lowest BCUT2D eigenvalue weighted by Gasteiger charge is -2.42. The lowest BCUT2D eigenvalue weighted by molar-refractivity contribution is -0.247. The molecule has 284 valence electrons. The zero-order chi connectivity index (χ0) is 37.7. The van der Waals surface area contributed by atoms with Gasteiger partial charge in [0.2, 0.25) is 11.6 Å². The molecule has 5 rings (SSSR count). The van der Waals surface area contributed by atoms with Crippen LogP contribution in [-0.4, -0.2) is 87.6 Å². The summed E-state index contributed by atoms with van der Waals surface area (Å²) in [4.78, 5) is 53.9. The van der Waals surface area contributed by atoms with Crippen molar-refractivity contribution < 1.29 is 58.6 Å². The quantitative estimate of drug-likeness (QED) is 0.0785. The summed E-state index contributed by atoms with van der Waals surface area (Å²) in [5, 5.41) is 45.6. The number of benzene rings is 2. The van der Waals surface area contributed by atoms with Gasteiger partial charge in [-0.15, -0.1) is 0 Å². The van der Waals surface area contributed by atoms with Gasteiger partial charge in [-0.1, -0.05) is 70.4 Å². The van der Waals surface area contributed by atoms with E-state index in [1.807, 2.05) is 0 Å². The van der Waals surface area contributed by atoms with Gasteiger partial charge in [0.15, 0.2) is 18.7 Å². The number of esters is 1. The van der Waals surface area contributed by atoms with E-state index in [-0.39, 0.29) is 40.8 Å². The van der Waals surface area contributed by atoms with Crippen LogP contribution in [0.2, 0.25) is 0 Å². The van der Waals surface area contributed by atoms with E-state index in [1.54, 1.807) is 6.92 Å². The minimum absolute atomic E-state index is 0.000138. The number of nitrogens with two attached hydrogens (primary N) is 1. The third-order valence-electron chi connectivity index (χ3n) is 10.5. The Morgan fingerprint density at radius 2 is 1.62 bits per heavy atom. The fraction of sp³-hybridized carbons (Fsp3) is 0.590. The summed E-state index contributed by atoms with van der Waals surface area (Å²) >= 11 is 0. The fourth-order valence-corrected chi connectivity index (χ4v) is 7.54. The molecule has 52 heavy (non-hydrogen) atoms. The Hall–Kier alpha value is -3.88. The number of methoxy groups -OCH3 is 1. The molecule has 0 amide bonds. The van der Waals surface area contributed by atoms with E-state index in [9.17, 15) is 39.6 Å². The first-order chi connectivity index (χ1) is 24.8. The minimum atomic E-state index is -2.29. The van der Waals surface area contributed by atoms with Crippen LogP contribution in [0.4, 0.5) is 0 Å². The zero-order valence-electron chi connectivity index (χ0n) is 30.2. The summed E-state index contributed by atoms with van der Waals surface area (Å²) in [7, 11) is 1.33. The van der Waals surface area contributed by atoms with Gasteiger partial charge >= 0.3 is 5.97 Å². The summed E-state index contributed by atoms with van der Waals surface area (Å²) in [6.45, 7) is 3.01. The number of carbonyl (C=O) groups is 4. The minimum Gasteiger partial charge on any atom is -0.507 e. The largest absolute Gasteiger partial charge is 0.507 e. The number of aliphatic hydroxyl groups is 2. The van der Waals surface area contributed by atoms with Gasteiger partial charge in [-0.3, -0.25) is 19.2 Å². The van der Waals surface area contributed by atoms with Crippen molar-refractivity contribution in [2.75, 3.05) is 13.7 Å². The first-order valence-corrected chi connectivity index (χ1v) is 18.4. The van der Waals surface area contributed by atoms with Crippen molar-refractivity contribution in [3.63, 3.8) is 0 Å². The molecule has 1 fully saturated rings. The molecule has 0 radical (unpaired) electrons. The van der Waals surface area contributed by atoms with Crippen molar-refractivity contribution in [3.8, 4) is 17.2 Å². The molecule has 2 aliphatic carbocycles. The van der Waals surface area contributed by atoms with E-state index in [0.29, 0.717) is 6.42 Å². The van der Waals surface area contributed by atoms with Crippen molar-refractivity contribution in [1.82, 2.24) is 0 Å². The number of rotatable bonds is 16. The molecular weight excluding hydrogens is 674 g/mol. The molecule has 1 saturated heterocycles. The maximum atomic E-state index is 13.9. The van der Waals surface area contributed by atoms with Crippen molar-refractivity contribution in [3.05, 3.63) is 51.6 Å². The Bertz CT molecular complexity index is 1660. The lowest BCUT2D eigenvalue weighted by atomic mass is 9.72. The van der Waals surface area contributed by atoms with Crippen LogP contribution in [-0.2, 0) is 30.2 Å². The van der Waals surface area contributed by atoms with Gasteiger partial charge in [-0.2, -0.15) is 0 Å². The number of ketones is 3. The number of phenols is 2. The Balaban J connectivity index is 1.38. The highest BCUT2D eigenvalue weighted by Crippen LogP contribution is 2.52. The summed E-state index contributed by atoms with van der Waals surface area (Å²) in [6, 6.07) is 3.64. The molecule has 0 bridgehead atoms. The topological polar surface area (TPSA) is 212 Å². The number of carbonyl (C=O) groups excluding carboxylic acids is 4. The number of hydrogen-bond acceptors (Lipinski definition) is 13. The second-order valence-corrected chi connectivity index (χ2v) is 14.2. The molecule has 6 atom stereocenters. The van der Waals surface area contributed by atoms with Crippen LogP contribution >= 0.6 is 0 Å². The molecule has 13 nitrogen and oxygen atoms in total. The highest BCUT2D eigenvalue weighted by molar-refractivity contribution is 6.31. The van der Waals surface area contributed by atoms with Gasteiger partial charge in [-0.25, -0.2) is 0 Å². The first kappa shape index (κ1) is 39.3. The normalized spacial score (nSPS) is 25.2. The maximum absolute atomic E-state index is 13.9. The molecule has 0 aromatic heterocycles. The number of aliphatic hydroxyl groups excluding tert-OH is 1. The summed E-state index contributed by atoms with van der Waals surface area (Å²) in [5.74, 6) is -4.30. The summed E-state index contributed by atoms with van der Waals surface area (Å²) < 4.78 is 22.6. The Morgan fingerprint density at radius 1 is 0.962 bits per heavy atom. The number of phenolic OH excluding ortho intramolecular Hbond substituents is 2. The molecule has 6 N–H and O–H groups in total. The summed E-state index contributed by atoms with van der Waals surface area (Å²) in [5.41, 5.74) is 2.40. The first-order valence-electron chi connectivity index (χ1n) is 18.4. The average molecular weight is 726 g/mol. The second kappa shape index (κ2) is 16.9. The Kier molecular flexibility index (Phi) is 12.7. The fourth-order valence-electron chi connectivity index (χ4n) is 7.54. The van der Waals surface area contributed by atoms with Gasteiger partial charge in [0.25, 0.3) is 0 Å². The average Bonchev–Trinajstić information content (AvgIpc) is 3.11. The van der Waals surface area contributed by atoms with E-state index >= 15 is 0 Å². The molecule has 0 unspecified atom stereocenters. The number of unbranched alkanes of at least 4 members (excludes halogenated alkanes) is 8. The molecular formula is C39H51NO12. The number of ether oxygens (including phenoxy) is 4. The van der Waals surface area contributed by atoms with Crippen LogP contribution in [0.25, 0.3) is 0 Å². The molecule has 0 spiro atoms. The smallest absolute Gasteiger partial charge is 0.306 e. The lowest BCUT2D eigenvalue weighted by Crippen LogP contribution is -2.53. The molecule has 2 aromatic carbocycles. The SMILES string of the molecule is CCCCCCCCCCCC(=O)OCC(=O)[C@]1(O)Cc2c(O)c3c(c(O)c2[C@@H](O[C@H]2C[C@H](N)[C@H](O)[C@H](C)O2)C1)C(=O)c1c(OC)cccc1C3=O. The second-order valence-electron chi connectivity index (χ2n) is 14.2. The van der Waals surface area contributed by atoms with Gasteiger partial charge in [0.05, 0.1) is 42.1 Å². The predicted molar refractivity (Wildman–Crippen MR) is 187 cm³/mol. The Morgan fingerprint density at radius 3 is 2.27 bits per heavy atom. The monoisotopic (exact) mass is 725 g/mol. The molecule has 2 aromatic rings. The number of Topliss-reactive ketones (excluding diaryl/α,β-unsaturated/α-hetero) is 1. The zero-order valence-corrected chi connectivity index (χ0v) is 30.2. The van der Waals surface area contributed by atoms with Crippen LogP contribution in [0.5, 0.6) is 17.2 Å². The van der Waals surface area contributed by atoms with Crippen molar-refractivity contribution >= 4 is 23.3 Å². The molecule has 1 heterocycles. The van der Waals surface area contributed by atoms with Crippen LogP contribution in [0, 0.1) is 0 Å². The molecule has 13 heteroatoms. The van der Waals surface area contributed by atoms with E-state index in [1.165, 1.54) is 51.0 Å². The Labute approximate surface area is 303 Å². The van der Waals surface area contributed by atoms with Gasteiger partial charge in [0.1, 0.15) is 22.8 Å². The predicted octanol–water partition coefficient (Wildman–Crippen LogP) is 4.47. The molecule has 3 aliphatic rings. The number of hydrogen-bond donors (Lipinski definition) is 5. The van der Waals surface area contributed by atoms with Gasteiger partial charge < -0.3 is 45.1 Å². The third kappa shape index (κ3) is 8.03. The molecule has 0 saturated carbocycles. The van der Waals surface area contributed by atoms with Crippen molar-refractivity contribution in [2.45, 2.75) is 134 Å². The van der Waals surface area contributed by atoms with Crippen LogP contribution in [0.15, 0.2) is 18.2 Å².